The summed E-state index contributed by atoms with van der Waals surface area (Å²) in [6.45, 7) is 0.219. The molecule has 0 aromatic heterocycles. The number of aliphatic carboxylic acids is 1. The molecule has 0 radical (unpaired) electrons. The van der Waals surface area contributed by atoms with Crippen LogP contribution in [0.5, 0.6) is 0 Å². The molecule has 1 amide bonds. The van der Waals surface area contributed by atoms with Gasteiger partial charge in [0.05, 0.1) is 6.42 Å². The molecule has 0 saturated heterocycles. The molecule has 4 N–H and O–H groups in total. The minimum atomic E-state index is -0.888. The van der Waals surface area contributed by atoms with Gasteiger partial charge >= 0.3 is 5.97 Å². The topological polar surface area (TPSA) is 92.4 Å². The third-order valence-corrected chi connectivity index (χ3v) is 2.78. The number of carboxylic acid groups (broad SMARTS) is 1. The Bertz CT molecular complexity index is 235. The van der Waals surface area contributed by atoms with Gasteiger partial charge in [-0.2, -0.15) is 0 Å². The van der Waals surface area contributed by atoms with Crippen LogP contribution in [0.2, 0.25) is 0 Å². The van der Waals surface area contributed by atoms with E-state index in [9.17, 15) is 9.59 Å². The number of carboxylic acids is 1. The molecule has 86 valence electrons. The molecule has 0 atom stereocenters. The summed E-state index contributed by atoms with van der Waals surface area (Å²) in [4.78, 5) is 21.8. The quantitative estimate of drug-likeness (QED) is 0.618. The summed E-state index contributed by atoms with van der Waals surface area (Å²) in [6, 6.07) is 0.230. The fourth-order valence-corrected chi connectivity index (χ4v) is 1.82. The van der Waals surface area contributed by atoms with Crippen molar-refractivity contribution < 1.29 is 14.7 Å². The summed E-state index contributed by atoms with van der Waals surface area (Å²) in [5.41, 5.74) is 5.73. The van der Waals surface area contributed by atoms with E-state index in [0.29, 0.717) is 0 Å². The average Bonchev–Trinajstić information content (AvgIpc) is 2.18. The number of hydrogen-bond acceptors (Lipinski definition) is 3. The second-order valence-corrected chi connectivity index (χ2v) is 4.05. The predicted molar refractivity (Wildman–Crippen MR) is 55.2 cm³/mol. The normalized spacial score (nSPS) is 25.9. The second-order valence-electron chi connectivity index (χ2n) is 4.05. The molecule has 0 heterocycles. The predicted octanol–water partition coefficient (Wildman–Crippen LogP) is 0.0948. The van der Waals surface area contributed by atoms with E-state index < -0.39 is 5.97 Å². The monoisotopic (exact) mass is 214 g/mol. The highest BCUT2D eigenvalue weighted by Gasteiger charge is 2.24. The summed E-state index contributed by atoms with van der Waals surface area (Å²) >= 11 is 0. The third kappa shape index (κ3) is 4.29. The molecule has 1 aliphatic rings. The van der Waals surface area contributed by atoms with Crippen molar-refractivity contribution in [3.05, 3.63) is 0 Å². The Morgan fingerprint density at radius 3 is 2.40 bits per heavy atom. The van der Waals surface area contributed by atoms with Gasteiger partial charge in [0.15, 0.2) is 0 Å². The van der Waals surface area contributed by atoms with Crippen LogP contribution in [0.3, 0.4) is 0 Å². The van der Waals surface area contributed by atoms with E-state index >= 15 is 0 Å². The van der Waals surface area contributed by atoms with E-state index in [-0.39, 0.29) is 30.8 Å². The molecule has 5 nitrogen and oxygen atoms in total. The van der Waals surface area contributed by atoms with Crippen molar-refractivity contribution >= 4 is 11.9 Å². The molecule has 0 spiro atoms. The molecule has 1 saturated carbocycles. The Hall–Kier alpha value is -1.10. The standard InChI is InChI=1S/C10H18N2O3/c11-8-3-1-7(2-4-8)10(15)12-6-5-9(13)14/h7-8H,1-6,11H2,(H,12,15)(H,13,14). The lowest BCUT2D eigenvalue weighted by Gasteiger charge is -2.24. The number of nitrogens with one attached hydrogen (secondary N) is 1. The van der Waals surface area contributed by atoms with Gasteiger partial charge in [0.1, 0.15) is 0 Å². The molecule has 0 aromatic rings. The molecule has 0 unspecified atom stereocenters. The van der Waals surface area contributed by atoms with Crippen LogP contribution in [0.25, 0.3) is 0 Å². The number of hydrogen-bond donors (Lipinski definition) is 3. The van der Waals surface area contributed by atoms with Gasteiger partial charge in [0.25, 0.3) is 0 Å². The fourth-order valence-electron chi connectivity index (χ4n) is 1.82. The van der Waals surface area contributed by atoms with Crippen molar-refractivity contribution in [3.63, 3.8) is 0 Å². The maximum atomic E-state index is 11.5. The third-order valence-electron chi connectivity index (χ3n) is 2.78. The molecule has 5 heteroatoms. The lowest BCUT2D eigenvalue weighted by Crippen LogP contribution is -2.37. The molecule has 0 bridgehead atoms. The molecule has 1 rings (SSSR count). The first-order chi connectivity index (χ1) is 7.09. The van der Waals surface area contributed by atoms with Crippen molar-refractivity contribution in [3.8, 4) is 0 Å². The van der Waals surface area contributed by atoms with Gasteiger partial charge in [-0.15, -0.1) is 0 Å². The SMILES string of the molecule is NC1CCC(C(=O)NCCC(=O)O)CC1. The van der Waals surface area contributed by atoms with Crippen molar-refractivity contribution in [2.45, 2.75) is 38.1 Å². The van der Waals surface area contributed by atoms with Crippen molar-refractivity contribution in [1.82, 2.24) is 5.32 Å². The van der Waals surface area contributed by atoms with E-state index in [2.05, 4.69) is 5.32 Å². The van der Waals surface area contributed by atoms with Crippen LogP contribution < -0.4 is 11.1 Å². The highest BCUT2D eigenvalue weighted by atomic mass is 16.4. The molecular weight excluding hydrogens is 196 g/mol. The van der Waals surface area contributed by atoms with E-state index in [4.69, 9.17) is 10.8 Å². The Balaban J connectivity index is 2.19. The Morgan fingerprint density at radius 2 is 1.87 bits per heavy atom. The van der Waals surface area contributed by atoms with Crippen LogP contribution in [0, 0.1) is 5.92 Å². The zero-order valence-electron chi connectivity index (χ0n) is 8.74. The van der Waals surface area contributed by atoms with Crippen molar-refractivity contribution in [2.75, 3.05) is 6.54 Å². The van der Waals surface area contributed by atoms with Crippen molar-refractivity contribution in [1.29, 1.82) is 0 Å². The number of amides is 1. The van der Waals surface area contributed by atoms with Gasteiger partial charge in [-0.1, -0.05) is 0 Å². The first-order valence-electron chi connectivity index (χ1n) is 5.34. The minimum Gasteiger partial charge on any atom is -0.481 e. The van der Waals surface area contributed by atoms with Crippen molar-refractivity contribution in [2.24, 2.45) is 11.7 Å². The number of nitrogens with two attached hydrogens (primary N) is 1. The van der Waals surface area contributed by atoms with E-state index in [1.807, 2.05) is 0 Å². The van der Waals surface area contributed by atoms with E-state index in [0.717, 1.165) is 25.7 Å². The highest BCUT2D eigenvalue weighted by molar-refractivity contribution is 5.79. The molecule has 1 aliphatic carbocycles. The minimum absolute atomic E-state index is 0.0159. The zero-order chi connectivity index (χ0) is 11.3. The number of carbonyl (C=O) groups is 2. The van der Waals surface area contributed by atoms with Crippen LogP contribution in [0.1, 0.15) is 32.1 Å². The van der Waals surface area contributed by atoms with Crippen LogP contribution in [0.4, 0.5) is 0 Å². The summed E-state index contributed by atoms with van der Waals surface area (Å²) in [6.07, 6.45) is 3.39. The van der Waals surface area contributed by atoms with Gasteiger partial charge < -0.3 is 16.2 Å². The number of carbonyl (C=O) groups excluding carboxylic acids is 1. The lowest BCUT2D eigenvalue weighted by molar-refractivity contribution is -0.137. The zero-order valence-corrected chi connectivity index (χ0v) is 8.74. The Kier molecular flexibility index (Phi) is 4.55. The van der Waals surface area contributed by atoms with Crippen LogP contribution >= 0.6 is 0 Å². The average molecular weight is 214 g/mol. The van der Waals surface area contributed by atoms with Crippen LogP contribution in [-0.2, 0) is 9.59 Å². The molecule has 0 aromatic carbocycles. The van der Waals surface area contributed by atoms with Gasteiger partial charge in [-0.05, 0) is 25.7 Å². The van der Waals surface area contributed by atoms with Gasteiger partial charge in [-0.25, -0.2) is 0 Å². The fraction of sp³-hybridized carbons (Fsp3) is 0.800. The summed E-state index contributed by atoms with van der Waals surface area (Å²) in [5.74, 6) is -0.886. The highest BCUT2D eigenvalue weighted by Crippen LogP contribution is 2.22. The molecule has 1 fully saturated rings. The summed E-state index contributed by atoms with van der Waals surface area (Å²) in [7, 11) is 0. The first-order valence-corrected chi connectivity index (χ1v) is 5.34. The lowest BCUT2D eigenvalue weighted by atomic mass is 9.86. The summed E-state index contributed by atoms with van der Waals surface area (Å²) in [5, 5.41) is 11.0. The molecule has 0 aliphatic heterocycles. The maximum Gasteiger partial charge on any atom is 0.305 e. The Labute approximate surface area is 89.0 Å². The number of rotatable bonds is 4. The second kappa shape index (κ2) is 5.70. The smallest absolute Gasteiger partial charge is 0.305 e. The van der Waals surface area contributed by atoms with E-state index in [1.165, 1.54) is 0 Å². The summed E-state index contributed by atoms with van der Waals surface area (Å²) < 4.78 is 0. The van der Waals surface area contributed by atoms with Gasteiger partial charge in [-0.3, -0.25) is 9.59 Å². The first kappa shape index (κ1) is 12.0. The molecular formula is C10H18N2O3. The van der Waals surface area contributed by atoms with Crippen LogP contribution in [-0.4, -0.2) is 29.6 Å². The van der Waals surface area contributed by atoms with Gasteiger partial charge in [0, 0.05) is 18.5 Å². The van der Waals surface area contributed by atoms with Crippen LogP contribution in [0.15, 0.2) is 0 Å². The van der Waals surface area contributed by atoms with E-state index in [1.54, 1.807) is 0 Å². The Morgan fingerprint density at radius 1 is 1.27 bits per heavy atom. The molecule has 15 heavy (non-hydrogen) atoms. The maximum absolute atomic E-state index is 11.5. The van der Waals surface area contributed by atoms with Gasteiger partial charge in [0.2, 0.25) is 5.91 Å². The largest absolute Gasteiger partial charge is 0.481 e.